The predicted molar refractivity (Wildman–Crippen MR) is 64.0 cm³/mol. The Balaban J connectivity index is 2.77. The lowest BCUT2D eigenvalue weighted by molar-refractivity contribution is -0.132. The van der Waals surface area contributed by atoms with Gasteiger partial charge >= 0.3 is 0 Å². The van der Waals surface area contributed by atoms with Gasteiger partial charge in [-0.15, -0.1) is 0 Å². The third-order valence-corrected chi connectivity index (χ3v) is 3.56. The molecule has 1 aliphatic rings. The molecule has 15 heavy (non-hydrogen) atoms. The van der Waals surface area contributed by atoms with Crippen molar-refractivity contribution in [3.63, 3.8) is 0 Å². The SMILES string of the molecule is CC(C)(C)C1CCC(=O)C(C(=O)C=S)C1. The van der Waals surface area contributed by atoms with Crippen LogP contribution < -0.4 is 0 Å². The van der Waals surface area contributed by atoms with Crippen molar-refractivity contribution < 1.29 is 9.59 Å². The second kappa shape index (κ2) is 4.52. The summed E-state index contributed by atoms with van der Waals surface area (Å²) in [6.45, 7) is 6.48. The van der Waals surface area contributed by atoms with Crippen LogP contribution in [0.4, 0.5) is 0 Å². The van der Waals surface area contributed by atoms with E-state index in [-0.39, 0.29) is 17.0 Å². The van der Waals surface area contributed by atoms with Gasteiger partial charge in [0.25, 0.3) is 0 Å². The number of hydrogen-bond donors (Lipinski definition) is 0. The van der Waals surface area contributed by atoms with Crippen LogP contribution in [0.3, 0.4) is 0 Å². The number of carbonyl (C=O) groups excluding carboxylic acids is 2. The van der Waals surface area contributed by atoms with E-state index in [1.807, 2.05) is 0 Å². The molecule has 0 aromatic rings. The molecule has 0 amide bonds. The average Bonchev–Trinajstić information content (AvgIpc) is 2.15. The third-order valence-electron chi connectivity index (χ3n) is 3.33. The first-order valence-electron chi connectivity index (χ1n) is 5.38. The predicted octanol–water partition coefficient (Wildman–Crippen LogP) is 2.59. The van der Waals surface area contributed by atoms with E-state index in [9.17, 15) is 9.59 Å². The number of ketones is 2. The molecule has 0 radical (unpaired) electrons. The Kier molecular flexibility index (Phi) is 3.77. The van der Waals surface area contributed by atoms with Gasteiger partial charge in [0.15, 0.2) is 5.78 Å². The molecule has 2 atom stereocenters. The van der Waals surface area contributed by atoms with E-state index in [0.717, 1.165) is 11.8 Å². The summed E-state index contributed by atoms with van der Waals surface area (Å²) in [6, 6.07) is 0. The van der Waals surface area contributed by atoms with Crippen molar-refractivity contribution >= 4 is 29.2 Å². The van der Waals surface area contributed by atoms with Crippen molar-refractivity contribution in [2.75, 3.05) is 0 Å². The molecule has 1 saturated carbocycles. The fourth-order valence-corrected chi connectivity index (χ4v) is 2.33. The summed E-state index contributed by atoms with van der Waals surface area (Å²) in [5.41, 5.74) is 0.167. The summed E-state index contributed by atoms with van der Waals surface area (Å²) in [6.07, 6.45) is 2.11. The molecule has 1 fully saturated rings. The van der Waals surface area contributed by atoms with Gasteiger partial charge in [0.1, 0.15) is 5.78 Å². The molecule has 2 nitrogen and oxygen atoms in total. The van der Waals surface area contributed by atoms with Crippen molar-refractivity contribution in [3.8, 4) is 0 Å². The van der Waals surface area contributed by atoms with E-state index >= 15 is 0 Å². The smallest absolute Gasteiger partial charge is 0.176 e. The Bertz CT molecular complexity index is 288. The van der Waals surface area contributed by atoms with Gasteiger partial charge in [0.05, 0.1) is 5.92 Å². The molecule has 0 spiro atoms. The first kappa shape index (κ1) is 12.5. The quantitative estimate of drug-likeness (QED) is 0.536. The van der Waals surface area contributed by atoms with Crippen molar-refractivity contribution in [3.05, 3.63) is 0 Å². The summed E-state index contributed by atoms with van der Waals surface area (Å²) >= 11 is 4.61. The van der Waals surface area contributed by atoms with Gasteiger partial charge in [-0.05, 0) is 24.2 Å². The maximum Gasteiger partial charge on any atom is 0.176 e. The van der Waals surface area contributed by atoms with Crippen LogP contribution in [0.25, 0.3) is 0 Å². The van der Waals surface area contributed by atoms with Gasteiger partial charge < -0.3 is 0 Å². The molecule has 0 saturated heterocycles. The summed E-state index contributed by atoms with van der Waals surface area (Å²) in [7, 11) is 0. The van der Waals surface area contributed by atoms with E-state index in [0.29, 0.717) is 18.8 Å². The van der Waals surface area contributed by atoms with E-state index < -0.39 is 5.92 Å². The van der Waals surface area contributed by atoms with Gasteiger partial charge in [-0.3, -0.25) is 9.59 Å². The monoisotopic (exact) mass is 226 g/mol. The second-order valence-corrected chi connectivity index (χ2v) is 5.61. The molecule has 2 unspecified atom stereocenters. The topological polar surface area (TPSA) is 34.1 Å². The lowest BCUT2D eigenvalue weighted by Gasteiger charge is -2.36. The van der Waals surface area contributed by atoms with Crippen LogP contribution in [0.15, 0.2) is 0 Å². The Labute approximate surface area is 96.4 Å². The third kappa shape index (κ3) is 2.94. The lowest BCUT2D eigenvalue weighted by atomic mass is 9.68. The van der Waals surface area contributed by atoms with Crippen LogP contribution in [0, 0.1) is 17.3 Å². The van der Waals surface area contributed by atoms with Crippen molar-refractivity contribution in [1.82, 2.24) is 0 Å². The van der Waals surface area contributed by atoms with Gasteiger partial charge in [0.2, 0.25) is 0 Å². The van der Waals surface area contributed by atoms with E-state index in [2.05, 4.69) is 33.0 Å². The van der Waals surface area contributed by atoms with Gasteiger partial charge in [-0.2, -0.15) is 0 Å². The Morgan fingerprint density at radius 1 is 1.47 bits per heavy atom. The highest BCUT2D eigenvalue weighted by Crippen LogP contribution is 2.38. The number of thiocarbonyl (C=S) groups is 1. The number of rotatable bonds is 2. The lowest BCUT2D eigenvalue weighted by Crippen LogP contribution is -2.36. The summed E-state index contributed by atoms with van der Waals surface area (Å²) in [4.78, 5) is 23.0. The molecule has 3 heteroatoms. The maximum atomic E-state index is 11.6. The summed E-state index contributed by atoms with van der Waals surface area (Å²) in [5.74, 6) is -0.120. The normalized spacial score (nSPS) is 27.5. The minimum absolute atomic E-state index is 0.0709. The fraction of sp³-hybridized carbons (Fsp3) is 0.750. The molecular weight excluding hydrogens is 208 g/mol. The second-order valence-electron chi connectivity index (χ2n) is 5.38. The van der Waals surface area contributed by atoms with E-state index in [1.165, 1.54) is 0 Å². The molecule has 0 heterocycles. The van der Waals surface area contributed by atoms with Crippen LogP contribution in [-0.2, 0) is 9.59 Å². The molecular formula is C12H18O2S. The summed E-state index contributed by atoms with van der Waals surface area (Å²) < 4.78 is 0. The maximum absolute atomic E-state index is 11.6. The van der Waals surface area contributed by atoms with Crippen LogP contribution in [-0.4, -0.2) is 16.9 Å². The van der Waals surface area contributed by atoms with Gasteiger partial charge in [-0.1, -0.05) is 33.0 Å². The van der Waals surface area contributed by atoms with Gasteiger partial charge in [0, 0.05) is 11.8 Å². The molecule has 0 aliphatic heterocycles. The number of Topliss-reactive ketones (excluding diaryl/α,β-unsaturated/α-hetero) is 2. The van der Waals surface area contributed by atoms with E-state index in [4.69, 9.17) is 0 Å². The van der Waals surface area contributed by atoms with Crippen LogP contribution in [0.5, 0.6) is 0 Å². The van der Waals surface area contributed by atoms with Crippen LogP contribution >= 0.6 is 12.2 Å². The Hall–Kier alpha value is -0.570. The van der Waals surface area contributed by atoms with Crippen molar-refractivity contribution in [2.24, 2.45) is 17.3 Å². The van der Waals surface area contributed by atoms with Crippen molar-refractivity contribution in [2.45, 2.75) is 40.0 Å². The van der Waals surface area contributed by atoms with E-state index in [1.54, 1.807) is 0 Å². The highest BCUT2D eigenvalue weighted by molar-refractivity contribution is 7.80. The molecule has 1 aliphatic carbocycles. The van der Waals surface area contributed by atoms with Crippen molar-refractivity contribution in [1.29, 1.82) is 0 Å². The first-order chi connectivity index (χ1) is 6.86. The molecule has 0 bridgehead atoms. The van der Waals surface area contributed by atoms with Crippen LogP contribution in [0.2, 0.25) is 0 Å². The largest absolute Gasteiger partial charge is 0.299 e. The zero-order valence-corrected chi connectivity index (χ0v) is 10.4. The average molecular weight is 226 g/mol. The number of carbonyl (C=O) groups is 2. The fourth-order valence-electron chi connectivity index (χ4n) is 2.17. The highest BCUT2D eigenvalue weighted by atomic mass is 32.1. The van der Waals surface area contributed by atoms with Crippen LogP contribution in [0.1, 0.15) is 40.0 Å². The molecule has 0 N–H and O–H groups in total. The number of hydrogen-bond acceptors (Lipinski definition) is 3. The standard InChI is InChI=1S/C12H18O2S/c1-12(2,3)8-4-5-10(13)9(6-8)11(14)7-15/h7-9H,4-6H2,1-3H3. The molecule has 84 valence electrons. The molecule has 0 aromatic heterocycles. The summed E-state index contributed by atoms with van der Waals surface area (Å²) in [5, 5.41) is 1.12. The molecule has 1 rings (SSSR count). The Morgan fingerprint density at radius 2 is 2.07 bits per heavy atom. The van der Waals surface area contributed by atoms with Gasteiger partial charge in [-0.25, -0.2) is 0 Å². The zero-order valence-electron chi connectivity index (χ0n) is 9.58. The molecule has 0 aromatic carbocycles. The highest BCUT2D eigenvalue weighted by Gasteiger charge is 2.37. The minimum Gasteiger partial charge on any atom is -0.299 e. The Morgan fingerprint density at radius 3 is 2.53 bits per heavy atom. The minimum atomic E-state index is -0.458. The zero-order chi connectivity index (χ0) is 11.6. The first-order valence-corrected chi connectivity index (χ1v) is 5.85.